The highest BCUT2D eigenvalue weighted by Crippen LogP contribution is 2.60. The number of phenolic OH excluding ortho intramolecular Hbond substituents is 1. The van der Waals surface area contributed by atoms with Gasteiger partial charge < -0.3 is 14.7 Å². The van der Waals surface area contributed by atoms with Crippen LogP contribution in [0.5, 0.6) is 11.6 Å². The number of nitrogens with zero attached hydrogens (tertiary/aromatic N) is 4. The predicted octanol–water partition coefficient (Wildman–Crippen LogP) is 1.95. The van der Waals surface area contributed by atoms with E-state index in [0.29, 0.717) is 6.54 Å². The van der Waals surface area contributed by atoms with Gasteiger partial charge >= 0.3 is 6.18 Å². The normalized spacial score (nSPS) is 19.8. The van der Waals surface area contributed by atoms with Crippen molar-refractivity contribution in [3.63, 3.8) is 0 Å². The zero-order valence-corrected chi connectivity index (χ0v) is 27.2. The van der Waals surface area contributed by atoms with E-state index in [0.717, 1.165) is 5.47 Å². The highest BCUT2D eigenvalue weighted by atomic mass is 32.2. The summed E-state index contributed by atoms with van der Waals surface area (Å²) in [5, 5.41) is 13.6. The lowest BCUT2D eigenvalue weighted by molar-refractivity contribution is -0.190. The van der Waals surface area contributed by atoms with E-state index in [9.17, 15) is 31.5 Å². The van der Waals surface area contributed by atoms with Crippen LogP contribution in [0.3, 0.4) is 0 Å². The average Bonchev–Trinajstić information content (AvgIpc) is 3.56. The molecule has 5 rings (SSSR count). The van der Waals surface area contributed by atoms with Gasteiger partial charge in [0, 0.05) is 24.3 Å². The first-order chi connectivity index (χ1) is 21.3. The summed E-state index contributed by atoms with van der Waals surface area (Å²) in [5.41, 5.74) is -1.31. The maximum Gasteiger partial charge on any atom is 0.394 e. The van der Waals surface area contributed by atoms with Crippen LogP contribution in [0.15, 0.2) is 65.6 Å². The predicted molar refractivity (Wildman–Crippen MR) is 174 cm³/mol. The Hall–Kier alpha value is -3.88. The molecular weight excluding hydrogens is 620 g/mol. The highest BCUT2D eigenvalue weighted by Gasteiger charge is 2.62. The number of hydrogen-bond acceptors (Lipinski definition) is 8. The minimum Gasteiger partial charge on any atom is -0.508 e. The number of amides is 1. The Kier molecular flexibility index (Phi) is 8.32. The number of phenols is 1. The maximum atomic E-state index is 13.6. The smallest absolute Gasteiger partial charge is 0.394 e. The molecule has 2 fully saturated rings. The standard InChI is InChI=1S/C29H35B3F3N5O5S/c1-17(30)21-16-39(26(2,3)28(21,31)32)24-20(25(42)38-46(43,44)19-6-4-18(41)5-7-19)8-9-22(36-24)40-14-10-23(37-40)45-15-13-27(11-12-27)29(33,34)35/h4-10,14,21,41H,1,11-13,15-16,30-32H2,2-3H3,(H,38,42)/t21-/m0/s1. The number of pyridine rings is 1. The van der Waals surface area contributed by atoms with Gasteiger partial charge in [0.05, 0.1) is 22.5 Å². The quantitative estimate of drug-likeness (QED) is 0.318. The lowest BCUT2D eigenvalue weighted by atomic mass is 9.41. The van der Waals surface area contributed by atoms with Crippen LogP contribution in [-0.2, 0) is 10.0 Å². The Balaban J connectivity index is 1.47. The fourth-order valence-corrected chi connectivity index (χ4v) is 7.00. The highest BCUT2D eigenvalue weighted by molar-refractivity contribution is 7.90. The molecule has 2 aromatic heterocycles. The fraction of sp³-hybridized carbons (Fsp3) is 0.414. The molecule has 0 radical (unpaired) electrons. The number of carbonyl (C=O) groups excluding carboxylic acids is 1. The third-order valence-electron chi connectivity index (χ3n) is 9.90. The van der Waals surface area contributed by atoms with Crippen molar-refractivity contribution in [2.75, 3.05) is 18.1 Å². The zero-order valence-electron chi connectivity index (χ0n) is 26.3. The van der Waals surface area contributed by atoms with Gasteiger partial charge in [0.15, 0.2) is 5.82 Å². The number of aromatic hydroxyl groups is 1. The summed E-state index contributed by atoms with van der Waals surface area (Å²) < 4.78 is 75.1. The molecule has 1 aromatic carbocycles. The van der Waals surface area contributed by atoms with Crippen molar-refractivity contribution in [3.05, 3.63) is 66.3 Å². The van der Waals surface area contributed by atoms with Gasteiger partial charge in [-0.15, -0.1) is 17.2 Å². The Bertz CT molecular complexity index is 1780. The minimum absolute atomic E-state index is 0.00264. The van der Waals surface area contributed by atoms with Crippen molar-refractivity contribution >= 4 is 45.3 Å². The summed E-state index contributed by atoms with van der Waals surface area (Å²) in [7, 11) is 1.85. The number of sulfonamides is 1. The van der Waals surface area contributed by atoms with Gasteiger partial charge in [-0.2, -0.15) is 13.2 Å². The van der Waals surface area contributed by atoms with Gasteiger partial charge in [-0.3, -0.25) is 4.79 Å². The molecule has 46 heavy (non-hydrogen) atoms. The lowest BCUT2D eigenvalue weighted by Crippen LogP contribution is -2.48. The molecule has 1 saturated carbocycles. The van der Waals surface area contributed by atoms with Crippen LogP contribution in [0.4, 0.5) is 19.0 Å². The van der Waals surface area contributed by atoms with Crippen molar-refractivity contribution in [3.8, 4) is 17.4 Å². The summed E-state index contributed by atoms with van der Waals surface area (Å²) in [6.07, 6.45) is -2.70. The van der Waals surface area contributed by atoms with E-state index in [2.05, 4.69) is 32.1 Å². The van der Waals surface area contributed by atoms with E-state index in [1.54, 1.807) is 6.20 Å². The van der Waals surface area contributed by atoms with Gasteiger partial charge in [0.25, 0.3) is 15.9 Å². The fourth-order valence-electron chi connectivity index (χ4n) is 6.04. The van der Waals surface area contributed by atoms with Gasteiger partial charge in [-0.05, 0) is 75.4 Å². The topological polar surface area (TPSA) is 127 Å². The maximum absolute atomic E-state index is 13.6. The Labute approximate surface area is 268 Å². The second-order valence-electron chi connectivity index (χ2n) is 13.2. The van der Waals surface area contributed by atoms with E-state index in [-0.39, 0.29) is 70.7 Å². The summed E-state index contributed by atoms with van der Waals surface area (Å²) >= 11 is 0. The van der Waals surface area contributed by atoms with Crippen LogP contribution in [0.2, 0.25) is 5.21 Å². The van der Waals surface area contributed by atoms with E-state index >= 15 is 0 Å². The molecule has 2 N–H and O–H groups in total. The van der Waals surface area contributed by atoms with Crippen molar-refractivity contribution in [1.82, 2.24) is 19.5 Å². The number of hydrogen-bond donors (Lipinski definition) is 2. The molecule has 0 bridgehead atoms. The minimum atomic E-state index is -4.30. The van der Waals surface area contributed by atoms with Crippen molar-refractivity contribution in [1.29, 1.82) is 0 Å². The summed E-state index contributed by atoms with van der Waals surface area (Å²) in [4.78, 5) is 20.2. The number of aromatic nitrogens is 3. The Morgan fingerprint density at radius 3 is 2.37 bits per heavy atom. The van der Waals surface area contributed by atoms with Gasteiger partial charge in [0.1, 0.15) is 35.1 Å². The van der Waals surface area contributed by atoms with Crippen LogP contribution >= 0.6 is 0 Å². The molecule has 3 aromatic rings. The first kappa shape index (κ1) is 33.5. The van der Waals surface area contributed by atoms with Gasteiger partial charge in [-0.1, -0.05) is 5.21 Å². The Morgan fingerprint density at radius 2 is 1.80 bits per heavy atom. The number of benzene rings is 1. The van der Waals surface area contributed by atoms with E-state index in [4.69, 9.17) is 9.72 Å². The number of alkyl halides is 3. The molecule has 1 saturated heterocycles. The molecule has 0 spiro atoms. The largest absolute Gasteiger partial charge is 0.508 e. The second kappa shape index (κ2) is 11.4. The third-order valence-corrected chi connectivity index (χ3v) is 11.2. The van der Waals surface area contributed by atoms with Crippen LogP contribution in [0, 0.1) is 11.3 Å². The van der Waals surface area contributed by atoms with Gasteiger partial charge in [-0.25, -0.2) is 22.8 Å². The molecular formula is C29H35B3F3N5O5S. The van der Waals surface area contributed by atoms with E-state index in [1.165, 1.54) is 47.1 Å². The Morgan fingerprint density at radius 1 is 1.15 bits per heavy atom. The molecule has 0 unspecified atom stereocenters. The van der Waals surface area contributed by atoms with Crippen LogP contribution in [-0.4, -0.2) is 82.6 Å². The van der Waals surface area contributed by atoms with Crippen LogP contribution in [0.25, 0.3) is 5.82 Å². The van der Waals surface area contributed by atoms with Crippen molar-refractivity contribution < 1.29 is 36.2 Å². The lowest BCUT2D eigenvalue weighted by Gasteiger charge is -2.43. The van der Waals surface area contributed by atoms with Crippen molar-refractivity contribution in [2.45, 2.75) is 54.9 Å². The monoisotopic (exact) mass is 655 g/mol. The number of carbonyl (C=O) groups is 1. The molecule has 10 nitrogen and oxygen atoms in total. The zero-order chi connectivity index (χ0) is 33.9. The number of rotatable bonds is 10. The van der Waals surface area contributed by atoms with E-state index in [1.807, 2.05) is 26.6 Å². The summed E-state index contributed by atoms with van der Waals surface area (Å²) in [5.74, 6) is -0.397. The molecule has 1 amide bonds. The molecule has 2 aliphatic rings. The molecule has 1 aliphatic carbocycles. The molecule has 242 valence electrons. The van der Waals surface area contributed by atoms with Crippen LogP contribution < -0.4 is 14.4 Å². The SMILES string of the molecule is BC(=C)[C@@H]1CN(c2nc(-n3ccc(OCCC4(C(F)(F)F)CC4)n3)ccc2C(=O)NS(=O)(=O)c2ccc(O)cc2)C(C)(C)C1(B)B. The summed E-state index contributed by atoms with van der Waals surface area (Å²) in [6.45, 7) is 8.52. The van der Waals surface area contributed by atoms with Crippen molar-refractivity contribution in [2.24, 2.45) is 11.3 Å². The molecule has 17 heteroatoms. The number of nitrogens with one attached hydrogen (secondary N) is 1. The number of anilines is 1. The summed E-state index contributed by atoms with van der Waals surface area (Å²) in [6, 6.07) is 9.24. The number of halogens is 3. The van der Waals surface area contributed by atoms with Gasteiger partial charge in [0.2, 0.25) is 5.88 Å². The first-order valence-corrected chi connectivity index (χ1v) is 16.3. The average molecular weight is 655 g/mol. The molecule has 3 heterocycles. The van der Waals surface area contributed by atoms with E-state index < -0.39 is 33.1 Å². The third kappa shape index (κ3) is 6.01. The molecule has 1 atom stereocenters. The van der Waals surface area contributed by atoms with Crippen LogP contribution in [0.1, 0.15) is 43.5 Å². The number of ether oxygens (including phenoxy) is 1. The molecule has 1 aliphatic heterocycles. The first-order valence-electron chi connectivity index (χ1n) is 14.8. The second-order valence-corrected chi connectivity index (χ2v) is 14.9.